The second kappa shape index (κ2) is 5.03. The minimum absolute atomic E-state index is 0.372. The van der Waals surface area contributed by atoms with Gasteiger partial charge in [-0.2, -0.15) is 0 Å². The Morgan fingerprint density at radius 3 is 2.41 bits per heavy atom. The second-order valence-corrected chi connectivity index (χ2v) is 6.62. The first kappa shape index (κ1) is 15.4. The topological polar surface area (TPSA) is 36.3 Å². The van der Waals surface area contributed by atoms with Crippen LogP contribution in [0.2, 0.25) is 0 Å². The minimum atomic E-state index is -2.42. The SMILES string of the molecule is CC1(C)OB(c2ccc3ncn(CC(F)F)c3c2)OC1(C)C. The number of imidazole rings is 1. The molecule has 0 saturated carbocycles. The van der Waals surface area contributed by atoms with Crippen LogP contribution in [0.25, 0.3) is 11.0 Å². The molecule has 118 valence electrons. The van der Waals surface area contributed by atoms with Gasteiger partial charge in [0.05, 0.1) is 35.1 Å². The number of rotatable bonds is 3. The van der Waals surface area contributed by atoms with Gasteiger partial charge in [-0.3, -0.25) is 0 Å². The third-order valence-corrected chi connectivity index (χ3v) is 4.51. The molecule has 0 radical (unpaired) electrons. The molecule has 1 aliphatic rings. The molecule has 0 aliphatic carbocycles. The zero-order chi connectivity index (χ0) is 16.1. The fourth-order valence-corrected chi connectivity index (χ4v) is 2.49. The predicted molar refractivity (Wildman–Crippen MR) is 81.5 cm³/mol. The van der Waals surface area contributed by atoms with Crippen molar-refractivity contribution in [2.75, 3.05) is 0 Å². The Kier molecular flexibility index (Phi) is 3.53. The predicted octanol–water partition coefficient (Wildman–Crippen LogP) is 2.60. The standard InChI is InChI=1S/C15H19BF2N2O2/c1-14(2)15(3,4)22-16(21-14)10-5-6-11-12(7-10)20(9-19-11)8-13(17)18/h5-7,9,13H,8H2,1-4H3. The van der Waals surface area contributed by atoms with Crippen molar-refractivity contribution >= 4 is 23.6 Å². The van der Waals surface area contributed by atoms with E-state index in [-0.39, 0.29) is 6.54 Å². The van der Waals surface area contributed by atoms with Crippen molar-refractivity contribution in [2.24, 2.45) is 0 Å². The average Bonchev–Trinajstić information content (AvgIpc) is 2.88. The molecule has 1 fully saturated rings. The van der Waals surface area contributed by atoms with Gasteiger partial charge in [-0.1, -0.05) is 6.07 Å². The molecule has 0 bridgehead atoms. The molecule has 2 aromatic rings. The van der Waals surface area contributed by atoms with Gasteiger partial charge in [-0.15, -0.1) is 0 Å². The van der Waals surface area contributed by atoms with Crippen molar-refractivity contribution in [1.29, 1.82) is 0 Å². The van der Waals surface area contributed by atoms with Gasteiger partial charge in [0.15, 0.2) is 0 Å². The Hall–Kier alpha value is -1.47. The van der Waals surface area contributed by atoms with E-state index in [9.17, 15) is 8.78 Å². The molecular formula is C15H19BF2N2O2. The number of aromatic nitrogens is 2. The van der Waals surface area contributed by atoms with Crippen LogP contribution in [0.5, 0.6) is 0 Å². The van der Waals surface area contributed by atoms with Gasteiger partial charge >= 0.3 is 7.12 Å². The zero-order valence-electron chi connectivity index (χ0n) is 13.1. The first-order chi connectivity index (χ1) is 10.2. The molecule has 0 spiro atoms. The van der Waals surface area contributed by atoms with Gasteiger partial charge < -0.3 is 13.9 Å². The van der Waals surface area contributed by atoms with Crippen molar-refractivity contribution < 1.29 is 18.1 Å². The normalized spacial score (nSPS) is 20.2. The summed E-state index contributed by atoms with van der Waals surface area (Å²) in [6, 6.07) is 5.48. The smallest absolute Gasteiger partial charge is 0.399 e. The van der Waals surface area contributed by atoms with Gasteiger partial charge in [0.25, 0.3) is 6.43 Å². The van der Waals surface area contributed by atoms with E-state index in [1.54, 1.807) is 6.07 Å². The number of hydrogen-bond donors (Lipinski definition) is 0. The van der Waals surface area contributed by atoms with Gasteiger partial charge in [0.1, 0.15) is 0 Å². The van der Waals surface area contributed by atoms with Gasteiger partial charge in [-0.25, -0.2) is 13.8 Å². The molecule has 0 N–H and O–H groups in total. The van der Waals surface area contributed by atoms with Crippen molar-refractivity contribution in [3.05, 3.63) is 24.5 Å². The maximum absolute atomic E-state index is 12.6. The molecule has 0 amide bonds. The van der Waals surface area contributed by atoms with E-state index >= 15 is 0 Å². The molecule has 2 heterocycles. The molecule has 0 unspecified atom stereocenters. The first-order valence-electron chi connectivity index (χ1n) is 7.28. The van der Waals surface area contributed by atoms with E-state index in [4.69, 9.17) is 9.31 Å². The van der Waals surface area contributed by atoms with E-state index < -0.39 is 24.7 Å². The first-order valence-corrected chi connectivity index (χ1v) is 7.28. The molecule has 4 nitrogen and oxygen atoms in total. The van der Waals surface area contributed by atoms with E-state index in [1.807, 2.05) is 39.8 Å². The van der Waals surface area contributed by atoms with Crippen molar-refractivity contribution in [3.63, 3.8) is 0 Å². The second-order valence-electron chi connectivity index (χ2n) is 6.62. The summed E-state index contributed by atoms with van der Waals surface area (Å²) in [5, 5.41) is 0. The molecule has 22 heavy (non-hydrogen) atoms. The van der Waals surface area contributed by atoms with Crippen molar-refractivity contribution in [1.82, 2.24) is 9.55 Å². The minimum Gasteiger partial charge on any atom is -0.399 e. The van der Waals surface area contributed by atoms with Crippen LogP contribution in [-0.4, -0.2) is 34.3 Å². The lowest BCUT2D eigenvalue weighted by Crippen LogP contribution is -2.41. The highest BCUT2D eigenvalue weighted by Crippen LogP contribution is 2.36. The highest BCUT2D eigenvalue weighted by atomic mass is 19.3. The van der Waals surface area contributed by atoms with Gasteiger partial charge in [0.2, 0.25) is 0 Å². The van der Waals surface area contributed by atoms with Crippen LogP contribution in [0.1, 0.15) is 27.7 Å². The van der Waals surface area contributed by atoms with Crippen LogP contribution in [0.4, 0.5) is 8.78 Å². The number of alkyl halides is 2. The molecule has 3 rings (SSSR count). The van der Waals surface area contributed by atoms with E-state index in [0.717, 1.165) is 5.46 Å². The summed E-state index contributed by atoms with van der Waals surface area (Å²) < 4.78 is 38.7. The van der Waals surface area contributed by atoms with Crippen LogP contribution in [-0.2, 0) is 15.9 Å². The fourth-order valence-electron chi connectivity index (χ4n) is 2.49. The summed E-state index contributed by atoms with van der Waals surface area (Å²) in [7, 11) is -0.510. The average molecular weight is 308 g/mol. The molecular weight excluding hydrogens is 289 g/mol. The maximum atomic E-state index is 12.6. The van der Waals surface area contributed by atoms with Crippen LogP contribution in [0, 0.1) is 0 Å². The molecule has 1 aromatic carbocycles. The van der Waals surface area contributed by atoms with Crippen molar-refractivity contribution in [2.45, 2.75) is 51.9 Å². The highest BCUT2D eigenvalue weighted by Gasteiger charge is 2.51. The lowest BCUT2D eigenvalue weighted by atomic mass is 9.79. The quantitative estimate of drug-likeness (QED) is 0.818. The number of hydrogen-bond acceptors (Lipinski definition) is 3. The van der Waals surface area contributed by atoms with Crippen LogP contribution in [0.3, 0.4) is 0 Å². The molecule has 1 aliphatic heterocycles. The van der Waals surface area contributed by atoms with E-state index in [0.29, 0.717) is 11.0 Å². The third-order valence-electron chi connectivity index (χ3n) is 4.51. The summed E-state index contributed by atoms with van der Waals surface area (Å²) in [5.41, 5.74) is 1.28. The third kappa shape index (κ3) is 2.52. The lowest BCUT2D eigenvalue weighted by Gasteiger charge is -2.32. The Labute approximate surface area is 128 Å². The van der Waals surface area contributed by atoms with Crippen LogP contribution in [0.15, 0.2) is 24.5 Å². The molecule has 0 atom stereocenters. The largest absolute Gasteiger partial charge is 0.494 e. The molecule has 1 aromatic heterocycles. The Morgan fingerprint density at radius 2 is 1.82 bits per heavy atom. The zero-order valence-corrected chi connectivity index (χ0v) is 13.1. The summed E-state index contributed by atoms with van der Waals surface area (Å²) in [6.45, 7) is 7.54. The van der Waals surface area contributed by atoms with Gasteiger partial charge in [0, 0.05) is 0 Å². The summed E-state index contributed by atoms with van der Waals surface area (Å²) in [4.78, 5) is 4.14. The Morgan fingerprint density at radius 1 is 1.18 bits per heavy atom. The number of halogens is 2. The number of nitrogens with zero attached hydrogens (tertiary/aromatic N) is 2. The lowest BCUT2D eigenvalue weighted by molar-refractivity contribution is 0.00578. The van der Waals surface area contributed by atoms with E-state index in [2.05, 4.69) is 4.98 Å². The number of fused-ring (bicyclic) bond motifs is 1. The molecule has 1 saturated heterocycles. The maximum Gasteiger partial charge on any atom is 0.494 e. The Balaban J connectivity index is 1.96. The van der Waals surface area contributed by atoms with Crippen LogP contribution < -0.4 is 5.46 Å². The van der Waals surface area contributed by atoms with Crippen LogP contribution >= 0.6 is 0 Å². The summed E-state index contributed by atoms with van der Waals surface area (Å²) in [6.07, 6.45) is -0.983. The molecule has 7 heteroatoms. The summed E-state index contributed by atoms with van der Waals surface area (Å²) in [5.74, 6) is 0. The highest BCUT2D eigenvalue weighted by molar-refractivity contribution is 6.62. The van der Waals surface area contributed by atoms with Crippen molar-refractivity contribution in [3.8, 4) is 0 Å². The summed E-state index contributed by atoms with van der Waals surface area (Å²) >= 11 is 0. The van der Waals surface area contributed by atoms with E-state index in [1.165, 1.54) is 10.9 Å². The Bertz CT molecular complexity index is 684. The van der Waals surface area contributed by atoms with Gasteiger partial charge in [-0.05, 0) is 45.3 Å². The number of benzene rings is 1. The monoisotopic (exact) mass is 308 g/mol. The fraction of sp³-hybridized carbons (Fsp3) is 0.533.